The van der Waals surface area contributed by atoms with Crippen LogP contribution in [0.4, 0.5) is 0 Å². The van der Waals surface area contributed by atoms with E-state index in [0.29, 0.717) is 0 Å². The summed E-state index contributed by atoms with van der Waals surface area (Å²) in [5.41, 5.74) is 13.8. The third-order valence-corrected chi connectivity index (χ3v) is 12.0. The summed E-state index contributed by atoms with van der Waals surface area (Å²) in [4.78, 5) is 0. The molecule has 2 aromatic heterocycles. The van der Waals surface area contributed by atoms with Crippen molar-refractivity contribution in [3.05, 3.63) is 169 Å². The maximum atomic E-state index is 6.39. The van der Waals surface area contributed by atoms with E-state index in [9.17, 15) is 0 Å². The predicted octanol–water partition coefficient (Wildman–Crippen LogP) is 14.6. The summed E-state index contributed by atoms with van der Waals surface area (Å²) in [6.07, 6.45) is 0. The smallest absolute Gasteiger partial charge is 0.136 e. The van der Waals surface area contributed by atoms with Gasteiger partial charge in [0.2, 0.25) is 0 Å². The Labute approximate surface area is 305 Å². The molecule has 0 radical (unpaired) electrons. The molecule has 2 heteroatoms. The molecule has 0 N–H and O–H groups in total. The van der Waals surface area contributed by atoms with Crippen LogP contribution in [0.15, 0.2) is 167 Å². The van der Waals surface area contributed by atoms with Crippen molar-refractivity contribution >= 4 is 76.2 Å². The van der Waals surface area contributed by atoms with Gasteiger partial charge in [-0.15, -0.1) is 0 Å². The van der Waals surface area contributed by atoms with Crippen LogP contribution in [0.3, 0.4) is 0 Å². The van der Waals surface area contributed by atoms with Gasteiger partial charge in [0, 0.05) is 32.3 Å². The first-order chi connectivity index (χ1) is 26.0. The quantitative estimate of drug-likeness (QED) is 0.170. The highest BCUT2D eigenvalue weighted by Crippen LogP contribution is 2.55. The molecule has 1 aliphatic rings. The summed E-state index contributed by atoms with van der Waals surface area (Å²) < 4.78 is 12.6. The minimum absolute atomic E-state index is 0.190. The van der Waals surface area contributed by atoms with Crippen LogP contribution < -0.4 is 0 Å². The average molecular weight is 677 g/mol. The van der Waals surface area contributed by atoms with Gasteiger partial charge in [0.25, 0.3) is 0 Å². The zero-order valence-corrected chi connectivity index (χ0v) is 29.3. The summed E-state index contributed by atoms with van der Waals surface area (Å²) in [6, 6.07) is 57.5. The van der Waals surface area contributed by atoms with Crippen LogP contribution in [0.5, 0.6) is 0 Å². The number of benzene rings is 9. The molecule has 248 valence electrons. The second-order valence-electron chi connectivity index (χ2n) is 15.2. The minimum Gasteiger partial charge on any atom is -0.456 e. The molecule has 11 aromatic rings. The highest BCUT2D eigenvalue weighted by Gasteiger charge is 2.37. The molecule has 2 heterocycles. The van der Waals surface area contributed by atoms with Crippen molar-refractivity contribution in [1.29, 1.82) is 0 Å². The van der Waals surface area contributed by atoms with Crippen molar-refractivity contribution in [3.63, 3.8) is 0 Å². The van der Waals surface area contributed by atoms with Gasteiger partial charge in [-0.05, 0) is 108 Å². The zero-order chi connectivity index (χ0) is 35.0. The van der Waals surface area contributed by atoms with E-state index < -0.39 is 0 Å². The third kappa shape index (κ3) is 3.82. The van der Waals surface area contributed by atoms with Crippen molar-refractivity contribution in [2.24, 2.45) is 0 Å². The normalized spacial score (nSPS) is 13.6. The largest absolute Gasteiger partial charge is 0.456 e. The van der Waals surface area contributed by atoms with Crippen LogP contribution in [-0.2, 0) is 5.41 Å². The lowest BCUT2D eigenvalue weighted by atomic mass is 9.80. The standard InChI is InChI=1S/C51H32O2/c1-51(2)40-24-20-29-21-26-45-50(38-16-8-10-18-43(38)53-45)48(29)49(40)37-23-19-31(28-41(37)51)47-35-14-5-3-12-33(35)46(34-13-4-6-15-36(34)47)30-22-25-44-39(27-30)32-11-7-9-17-42(32)52-44/h3-28H,1-2H3. The summed E-state index contributed by atoms with van der Waals surface area (Å²) >= 11 is 0. The van der Waals surface area contributed by atoms with E-state index in [4.69, 9.17) is 8.83 Å². The first-order valence-corrected chi connectivity index (χ1v) is 18.4. The lowest BCUT2D eigenvalue weighted by Gasteiger charge is -2.23. The zero-order valence-electron chi connectivity index (χ0n) is 29.3. The number of para-hydroxylation sites is 2. The van der Waals surface area contributed by atoms with Gasteiger partial charge in [0.05, 0.1) is 0 Å². The van der Waals surface area contributed by atoms with Gasteiger partial charge < -0.3 is 8.83 Å². The van der Waals surface area contributed by atoms with E-state index in [1.165, 1.54) is 87.6 Å². The van der Waals surface area contributed by atoms with Crippen LogP contribution in [0.1, 0.15) is 25.0 Å². The molecule has 0 amide bonds. The molecule has 0 bridgehead atoms. The van der Waals surface area contributed by atoms with Gasteiger partial charge in [-0.2, -0.15) is 0 Å². The van der Waals surface area contributed by atoms with Crippen molar-refractivity contribution in [2.75, 3.05) is 0 Å². The Morgan fingerprint density at radius 3 is 1.57 bits per heavy atom. The fraction of sp³-hybridized carbons (Fsp3) is 0.0588. The molecule has 0 saturated heterocycles. The number of hydrogen-bond acceptors (Lipinski definition) is 2. The second kappa shape index (κ2) is 10.2. The van der Waals surface area contributed by atoms with Gasteiger partial charge in [0.1, 0.15) is 22.3 Å². The van der Waals surface area contributed by atoms with Crippen LogP contribution in [0, 0.1) is 0 Å². The number of hydrogen-bond donors (Lipinski definition) is 0. The Morgan fingerprint density at radius 1 is 0.358 bits per heavy atom. The van der Waals surface area contributed by atoms with E-state index >= 15 is 0 Å². The van der Waals surface area contributed by atoms with Crippen molar-refractivity contribution in [1.82, 2.24) is 0 Å². The topological polar surface area (TPSA) is 26.3 Å². The maximum absolute atomic E-state index is 6.39. The molecule has 0 unspecified atom stereocenters. The molecule has 0 atom stereocenters. The van der Waals surface area contributed by atoms with Crippen LogP contribution in [0.2, 0.25) is 0 Å². The number of fused-ring (bicyclic) bond motifs is 14. The highest BCUT2D eigenvalue weighted by molar-refractivity contribution is 6.25. The van der Waals surface area contributed by atoms with E-state index in [-0.39, 0.29) is 5.41 Å². The van der Waals surface area contributed by atoms with Crippen LogP contribution >= 0.6 is 0 Å². The molecule has 0 fully saturated rings. The van der Waals surface area contributed by atoms with Gasteiger partial charge in [-0.3, -0.25) is 0 Å². The summed E-state index contributed by atoms with van der Waals surface area (Å²) in [7, 11) is 0. The lowest BCUT2D eigenvalue weighted by molar-refractivity contribution is 0.661. The van der Waals surface area contributed by atoms with Crippen molar-refractivity contribution in [2.45, 2.75) is 19.3 Å². The fourth-order valence-corrected chi connectivity index (χ4v) is 9.64. The van der Waals surface area contributed by atoms with E-state index in [2.05, 4.69) is 159 Å². The SMILES string of the molecule is CC1(C)c2cc(-c3c4ccccc4c(-c4ccc5oc6ccccc6c5c4)c4ccccc34)ccc2-c2c1ccc1ccc3oc4ccccc4c3c21. The van der Waals surface area contributed by atoms with Crippen molar-refractivity contribution in [3.8, 4) is 33.4 Å². The summed E-state index contributed by atoms with van der Waals surface area (Å²) in [6.45, 7) is 4.77. The molecule has 53 heavy (non-hydrogen) atoms. The van der Waals surface area contributed by atoms with Crippen LogP contribution in [-0.4, -0.2) is 0 Å². The average Bonchev–Trinajstić information content (AvgIpc) is 3.84. The Morgan fingerprint density at radius 2 is 0.868 bits per heavy atom. The van der Waals surface area contributed by atoms with Crippen molar-refractivity contribution < 1.29 is 8.83 Å². The first-order valence-electron chi connectivity index (χ1n) is 18.4. The van der Waals surface area contributed by atoms with Gasteiger partial charge in [-0.25, -0.2) is 0 Å². The van der Waals surface area contributed by atoms with Gasteiger partial charge in [0.15, 0.2) is 0 Å². The van der Waals surface area contributed by atoms with Gasteiger partial charge in [-0.1, -0.05) is 135 Å². The molecule has 0 saturated carbocycles. The molecule has 0 spiro atoms. The predicted molar refractivity (Wildman–Crippen MR) is 222 cm³/mol. The van der Waals surface area contributed by atoms with E-state index in [1.54, 1.807) is 0 Å². The Kier molecular flexibility index (Phi) is 5.60. The van der Waals surface area contributed by atoms with Gasteiger partial charge >= 0.3 is 0 Å². The molecule has 2 nitrogen and oxygen atoms in total. The molecule has 9 aromatic carbocycles. The molecule has 0 aliphatic heterocycles. The lowest BCUT2D eigenvalue weighted by Crippen LogP contribution is -2.15. The number of furan rings is 2. The number of rotatable bonds is 2. The molecule has 1 aliphatic carbocycles. The second-order valence-corrected chi connectivity index (χ2v) is 15.2. The fourth-order valence-electron chi connectivity index (χ4n) is 9.64. The third-order valence-electron chi connectivity index (χ3n) is 12.0. The Hall–Kier alpha value is -6.64. The van der Waals surface area contributed by atoms with E-state index in [0.717, 1.165) is 33.1 Å². The molecular formula is C51H32O2. The maximum Gasteiger partial charge on any atom is 0.136 e. The monoisotopic (exact) mass is 676 g/mol. The Bertz CT molecular complexity index is 3310. The Balaban J connectivity index is 1.12. The summed E-state index contributed by atoms with van der Waals surface area (Å²) in [5, 5.41) is 12.2. The van der Waals surface area contributed by atoms with Crippen LogP contribution in [0.25, 0.3) is 110 Å². The molecular weight excluding hydrogens is 645 g/mol. The van der Waals surface area contributed by atoms with E-state index in [1.807, 2.05) is 12.1 Å². The highest BCUT2D eigenvalue weighted by atomic mass is 16.3. The minimum atomic E-state index is -0.190. The first kappa shape index (κ1) is 29.0. The molecule has 12 rings (SSSR count). The summed E-state index contributed by atoms with van der Waals surface area (Å²) in [5.74, 6) is 0.